The molecule has 0 aliphatic rings. The second-order valence-corrected chi connectivity index (χ2v) is 3.95. The summed E-state index contributed by atoms with van der Waals surface area (Å²) in [7, 11) is 0. The summed E-state index contributed by atoms with van der Waals surface area (Å²) in [6.45, 7) is 6.16. The Morgan fingerprint density at radius 3 is 2.42 bits per heavy atom. The molecule has 5 heteroatoms. The van der Waals surface area contributed by atoms with Crippen LogP contribution in [0.25, 0.3) is 0 Å². The van der Waals surface area contributed by atoms with E-state index in [0.717, 1.165) is 0 Å². The van der Waals surface area contributed by atoms with Crippen molar-refractivity contribution in [3.8, 4) is 11.5 Å². The van der Waals surface area contributed by atoms with Gasteiger partial charge in [0.2, 0.25) is 5.91 Å². The van der Waals surface area contributed by atoms with Gasteiger partial charge in [0.1, 0.15) is 17.3 Å². The molecule has 0 saturated heterocycles. The third-order valence-electron chi connectivity index (χ3n) is 2.25. The smallest absolute Gasteiger partial charge is 0.231 e. The van der Waals surface area contributed by atoms with Crippen LogP contribution in [0, 0.1) is 0 Å². The van der Waals surface area contributed by atoms with Gasteiger partial charge in [0.15, 0.2) is 0 Å². The number of carbonyl (C=O) groups is 2. The van der Waals surface area contributed by atoms with E-state index in [4.69, 9.17) is 9.47 Å². The van der Waals surface area contributed by atoms with Crippen molar-refractivity contribution in [2.45, 2.75) is 27.2 Å². The lowest BCUT2D eigenvalue weighted by Gasteiger charge is -2.13. The van der Waals surface area contributed by atoms with E-state index in [0.29, 0.717) is 30.4 Å². The van der Waals surface area contributed by atoms with Crippen LogP contribution in [0.3, 0.4) is 0 Å². The molecule has 0 saturated carbocycles. The zero-order valence-corrected chi connectivity index (χ0v) is 11.5. The first-order valence-electron chi connectivity index (χ1n) is 6.25. The van der Waals surface area contributed by atoms with E-state index < -0.39 is 0 Å². The minimum absolute atomic E-state index is 0.140. The summed E-state index contributed by atoms with van der Waals surface area (Å²) < 4.78 is 10.8. The molecule has 0 fully saturated rings. The molecule has 1 N–H and O–H groups in total. The Balaban J connectivity index is 2.86. The summed E-state index contributed by atoms with van der Waals surface area (Å²) in [5.74, 6) is 0.680. The molecule has 1 aromatic carbocycles. The molecule has 1 amide bonds. The van der Waals surface area contributed by atoms with Gasteiger partial charge >= 0.3 is 0 Å². The number of ketones is 1. The number of hydrogen-bond acceptors (Lipinski definition) is 4. The van der Waals surface area contributed by atoms with Crippen LogP contribution in [0.2, 0.25) is 0 Å². The van der Waals surface area contributed by atoms with Crippen LogP contribution in [0.1, 0.15) is 27.2 Å². The van der Waals surface area contributed by atoms with Crippen LogP contribution in [0.4, 0.5) is 5.69 Å². The van der Waals surface area contributed by atoms with Gasteiger partial charge in [-0.15, -0.1) is 0 Å². The van der Waals surface area contributed by atoms with Gasteiger partial charge in [-0.1, -0.05) is 0 Å². The van der Waals surface area contributed by atoms with Gasteiger partial charge < -0.3 is 14.8 Å². The Bertz CT molecular complexity index is 457. The molecule has 0 atom stereocenters. The van der Waals surface area contributed by atoms with Crippen LogP contribution in [-0.2, 0) is 9.59 Å². The first-order valence-corrected chi connectivity index (χ1v) is 6.25. The van der Waals surface area contributed by atoms with Crippen molar-refractivity contribution >= 4 is 17.4 Å². The molecule has 0 aliphatic heterocycles. The number of amides is 1. The first kappa shape index (κ1) is 15.0. The number of hydrogen-bond donors (Lipinski definition) is 1. The van der Waals surface area contributed by atoms with Crippen LogP contribution in [0.5, 0.6) is 11.5 Å². The van der Waals surface area contributed by atoms with E-state index in [9.17, 15) is 9.59 Å². The number of Topliss-reactive ketones (excluding diaryl/α,β-unsaturated/α-hetero) is 1. The van der Waals surface area contributed by atoms with Gasteiger partial charge in [0.25, 0.3) is 0 Å². The molecule has 0 heterocycles. The Labute approximate surface area is 112 Å². The Morgan fingerprint density at radius 1 is 1.16 bits per heavy atom. The number of rotatable bonds is 7. The minimum atomic E-state index is -0.349. The molecule has 0 bridgehead atoms. The zero-order valence-electron chi connectivity index (χ0n) is 11.5. The first-order chi connectivity index (χ1) is 9.06. The van der Waals surface area contributed by atoms with E-state index in [1.54, 1.807) is 18.2 Å². The van der Waals surface area contributed by atoms with Crippen LogP contribution in [0.15, 0.2) is 18.2 Å². The van der Waals surface area contributed by atoms with Crippen molar-refractivity contribution in [2.24, 2.45) is 0 Å². The summed E-state index contributed by atoms with van der Waals surface area (Å²) in [5, 5.41) is 2.66. The topological polar surface area (TPSA) is 64.6 Å². The summed E-state index contributed by atoms with van der Waals surface area (Å²) >= 11 is 0. The molecule has 0 aromatic heterocycles. The van der Waals surface area contributed by atoms with Crippen molar-refractivity contribution in [1.29, 1.82) is 0 Å². The maximum atomic E-state index is 11.6. The van der Waals surface area contributed by atoms with Crippen molar-refractivity contribution in [2.75, 3.05) is 18.5 Å². The number of anilines is 1. The number of benzene rings is 1. The molecular formula is C14H19NO4. The second kappa shape index (κ2) is 7.41. The highest BCUT2D eigenvalue weighted by Crippen LogP contribution is 2.29. The molecular weight excluding hydrogens is 246 g/mol. The number of ether oxygens (including phenoxy) is 2. The third kappa shape index (κ3) is 4.99. The zero-order chi connectivity index (χ0) is 14.3. The standard InChI is InChI=1S/C14H19NO4/c1-4-18-11-6-7-12(13(9-11)19-5-2)15-14(17)8-10(3)16/h6-7,9H,4-5,8H2,1-3H3,(H,15,17). The normalized spacial score (nSPS) is 9.84. The molecule has 0 unspecified atom stereocenters. The van der Waals surface area contributed by atoms with E-state index in [2.05, 4.69) is 5.32 Å². The Hall–Kier alpha value is -2.04. The molecule has 0 aliphatic carbocycles. The molecule has 0 spiro atoms. The minimum Gasteiger partial charge on any atom is -0.494 e. The maximum absolute atomic E-state index is 11.6. The van der Waals surface area contributed by atoms with Crippen LogP contribution >= 0.6 is 0 Å². The highest BCUT2D eigenvalue weighted by molar-refractivity contribution is 6.04. The molecule has 5 nitrogen and oxygen atoms in total. The summed E-state index contributed by atoms with van der Waals surface area (Å²) in [6.07, 6.45) is -0.140. The van der Waals surface area contributed by atoms with Gasteiger partial charge in [-0.2, -0.15) is 0 Å². The van der Waals surface area contributed by atoms with Crippen molar-refractivity contribution < 1.29 is 19.1 Å². The van der Waals surface area contributed by atoms with Crippen LogP contribution < -0.4 is 14.8 Å². The van der Waals surface area contributed by atoms with Gasteiger partial charge in [-0.25, -0.2) is 0 Å². The Kier molecular flexibility index (Phi) is 5.85. The average Bonchev–Trinajstić information content (AvgIpc) is 2.32. The summed E-state index contributed by atoms with van der Waals surface area (Å²) in [5.41, 5.74) is 0.538. The van der Waals surface area contributed by atoms with E-state index in [-0.39, 0.29) is 18.1 Å². The lowest BCUT2D eigenvalue weighted by atomic mass is 10.2. The maximum Gasteiger partial charge on any atom is 0.231 e. The van der Waals surface area contributed by atoms with Gasteiger partial charge in [-0.3, -0.25) is 9.59 Å². The lowest BCUT2D eigenvalue weighted by molar-refractivity contribution is -0.124. The van der Waals surface area contributed by atoms with Crippen LogP contribution in [-0.4, -0.2) is 24.9 Å². The third-order valence-corrected chi connectivity index (χ3v) is 2.25. The second-order valence-electron chi connectivity index (χ2n) is 3.95. The largest absolute Gasteiger partial charge is 0.494 e. The number of nitrogens with one attached hydrogen (secondary N) is 1. The predicted octanol–water partition coefficient (Wildman–Crippen LogP) is 2.40. The van der Waals surface area contributed by atoms with Crippen molar-refractivity contribution in [3.05, 3.63) is 18.2 Å². The van der Waals surface area contributed by atoms with Gasteiger partial charge in [0.05, 0.1) is 25.3 Å². The Morgan fingerprint density at radius 2 is 1.84 bits per heavy atom. The SMILES string of the molecule is CCOc1ccc(NC(=O)CC(C)=O)c(OCC)c1. The molecule has 1 aromatic rings. The molecule has 0 radical (unpaired) electrons. The van der Waals surface area contributed by atoms with Gasteiger partial charge in [0, 0.05) is 6.07 Å². The lowest BCUT2D eigenvalue weighted by Crippen LogP contribution is -2.15. The highest BCUT2D eigenvalue weighted by Gasteiger charge is 2.10. The van der Waals surface area contributed by atoms with E-state index >= 15 is 0 Å². The van der Waals surface area contributed by atoms with Gasteiger partial charge in [-0.05, 0) is 32.9 Å². The van der Waals surface area contributed by atoms with E-state index in [1.807, 2.05) is 13.8 Å². The summed E-state index contributed by atoms with van der Waals surface area (Å²) in [6, 6.07) is 5.17. The van der Waals surface area contributed by atoms with Crippen molar-refractivity contribution in [1.82, 2.24) is 0 Å². The molecule has 19 heavy (non-hydrogen) atoms. The highest BCUT2D eigenvalue weighted by atomic mass is 16.5. The number of carbonyl (C=O) groups excluding carboxylic acids is 2. The fraction of sp³-hybridized carbons (Fsp3) is 0.429. The monoisotopic (exact) mass is 265 g/mol. The molecule has 1 rings (SSSR count). The van der Waals surface area contributed by atoms with Crippen molar-refractivity contribution in [3.63, 3.8) is 0 Å². The fourth-order valence-corrected chi connectivity index (χ4v) is 1.56. The van der Waals surface area contributed by atoms with E-state index in [1.165, 1.54) is 6.92 Å². The quantitative estimate of drug-likeness (QED) is 0.769. The summed E-state index contributed by atoms with van der Waals surface area (Å²) in [4.78, 5) is 22.5. The average molecular weight is 265 g/mol. The fourth-order valence-electron chi connectivity index (χ4n) is 1.56. The molecule has 104 valence electrons. The predicted molar refractivity (Wildman–Crippen MR) is 72.7 cm³/mol.